The van der Waals surface area contributed by atoms with Crippen LogP contribution in [0.2, 0.25) is 0 Å². The van der Waals surface area contributed by atoms with Crippen molar-refractivity contribution in [3.05, 3.63) is 96.1 Å². The van der Waals surface area contributed by atoms with Crippen LogP contribution in [0.3, 0.4) is 0 Å². The first kappa shape index (κ1) is 27.1. The number of carboxylic acid groups (broad SMARTS) is 2. The molecule has 0 aliphatic heterocycles. The fraction of sp³-hybridized carbons (Fsp3) is 0.207. The van der Waals surface area contributed by atoms with E-state index in [0.717, 1.165) is 28.5 Å². The van der Waals surface area contributed by atoms with Crippen LogP contribution in [0.15, 0.2) is 90.6 Å². The third-order valence-corrected chi connectivity index (χ3v) is 4.99. The van der Waals surface area contributed by atoms with E-state index in [1.807, 2.05) is 45.0 Å². The van der Waals surface area contributed by atoms with Crippen molar-refractivity contribution in [1.82, 2.24) is 0 Å². The Kier molecular flexibility index (Phi) is 9.11. The van der Waals surface area contributed by atoms with Gasteiger partial charge in [-0.25, -0.2) is 14.4 Å². The lowest BCUT2D eigenvalue weighted by atomic mass is 9.93. The lowest BCUT2D eigenvalue weighted by molar-refractivity contribution is -0.136. The second kappa shape index (κ2) is 11.8. The number of carbonyl (C=O) groups excluding carboxylic acids is 1. The van der Waals surface area contributed by atoms with Crippen molar-refractivity contribution < 1.29 is 29.3 Å². The fourth-order valence-corrected chi connectivity index (χ4v) is 3.54. The van der Waals surface area contributed by atoms with Crippen molar-refractivity contribution in [2.75, 3.05) is 7.11 Å². The second-order valence-electron chi connectivity index (χ2n) is 9.01. The van der Waals surface area contributed by atoms with Gasteiger partial charge in [-0.2, -0.15) is 0 Å². The average Bonchev–Trinajstić information content (AvgIpc) is 2.80. The Labute approximate surface area is 204 Å². The highest BCUT2D eigenvalue weighted by Gasteiger charge is 2.13. The summed E-state index contributed by atoms with van der Waals surface area (Å²) in [5.74, 6) is -2.64. The molecule has 0 amide bonds. The molecule has 0 heterocycles. The van der Waals surface area contributed by atoms with Crippen LogP contribution in [-0.4, -0.2) is 35.2 Å². The van der Waals surface area contributed by atoms with Crippen LogP contribution in [0.1, 0.15) is 26.3 Å². The fourth-order valence-electron chi connectivity index (χ4n) is 3.54. The number of methoxy groups -OCH3 is 1. The molecule has 0 saturated carbocycles. The van der Waals surface area contributed by atoms with Gasteiger partial charge >= 0.3 is 17.9 Å². The highest BCUT2D eigenvalue weighted by atomic mass is 16.5. The van der Waals surface area contributed by atoms with E-state index in [9.17, 15) is 14.4 Å². The third-order valence-electron chi connectivity index (χ3n) is 4.99. The number of rotatable bonds is 6. The van der Waals surface area contributed by atoms with Crippen LogP contribution in [0, 0.1) is 5.41 Å². The largest absolute Gasteiger partial charge is 0.478 e. The molecule has 0 aromatic heterocycles. The van der Waals surface area contributed by atoms with Crippen LogP contribution < -0.4 is 0 Å². The Hall–Kier alpha value is -4.19. The topological polar surface area (TPSA) is 101 Å². The molecule has 0 spiro atoms. The molecule has 0 fully saturated rings. The maximum absolute atomic E-state index is 11.7. The summed E-state index contributed by atoms with van der Waals surface area (Å²) in [5, 5.41) is 21.7. The first-order chi connectivity index (χ1) is 16.4. The minimum Gasteiger partial charge on any atom is -0.478 e. The van der Waals surface area contributed by atoms with Crippen molar-refractivity contribution in [1.29, 1.82) is 0 Å². The Morgan fingerprint density at radius 2 is 1.43 bits per heavy atom. The van der Waals surface area contributed by atoms with Crippen LogP contribution >= 0.6 is 0 Å². The van der Waals surface area contributed by atoms with Crippen LogP contribution in [-0.2, 0) is 25.5 Å². The van der Waals surface area contributed by atoms with Gasteiger partial charge in [-0.1, -0.05) is 82.0 Å². The van der Waals surface area contributed by atoms with E-state index in [-0.39, 0.29) is 17.0 Å². The Morgan fingerprint density at radius 1 is 0.914 bits per heavy atom. The van der Waals surface area contributed by atoms with Gasteiger partial charge in [0.25, 0.3) is 0 Å². The lowest BCUT2D eigenvalue weighted by Gasteiger charge is -2.12. The lowest BCUT2D eigenvalue weighted by Crippen LogP contribution is -2.06. The monoisotopic (exact) mass is 474 g/mol. The quantitative estimate of drug-likeness (QED) is 0.198. The maximum atomic E-state index is 11.7. The molecular formula is C29H30O6. The average molecular weight is 475 g/mol. The highest BCUT2D eigenvalue weighted by molar-refractivity contribution is 6.03. The molecule has 182 valence electrons. The summed E-state index contributed by atoms with van der Waals surface area (Å²) >= 11 is 0. The standard InChI is InChI=1S/C19H16O2.C10H14O4/c1-13(19(20)21-2)11-18-16-9-5-3-7-14(16)12-15-8-4-6-10-17(15)18;1-10(2,3)6-7(9(13)14)4-5-8(11)12/h3-10,12H,1,11H2,2H3;4-6H,1-3H3,(H,11,12)(H,13,14). The summed E-state index contributed by atoms with van der Waals surface area (Å²) in [7, 11) is 1.38. The molecule has 3 aromatic rings. The van der Waals surface area contributed by atoms with Crippen LogP contribution in [0.25, 0.3) is 21.5 Å². The van der Waals surface area contributed by atoms with Crippen molar-refractivity contribution in [3.8, 4) is 0 Å². The van der Waals surface area contributed by atoms with Crippen LogP contribution in [0.5, 0.6) is 0 Å². The molecule has 0 aliphatic rings. The summed E-state index contributed by atoms with van der Waals surface area (Å²) in [5.41, 5.74) is 1.29. The zero-order valence-electron chi connectivity index (χ0n) is 20.4. The third kappa shape index (κ3) is 7.96. The van der Waals surface area contributed by atoms with Gasteiger partial charge < -0.3 is 14.9 Å². The van der Waals surface area contributed by atoms with E-state index in [1.54, 1.807) is 0 Å². The van der Waals surface area contributed by atoms with Crippen LogP contribution in [0.4, 0.5) is 0 Å². The van der Waals surface area contributed by atoms with E-state index in [0.29, 0.717) is 12.0 Å². The molecule has 6 nitrogen and oxygen atoms in total. The second-order valence-corrected chi connectivity index (χ2v) is 9.01. The first-order valence-corrected chi connectivity index (χ1v) is 11.0. The van der Waals surface area contributed by atoms with Gasteiger partial charge in [0.1, 0.15) is 0 Å². The number of aliphatic carboxylic acids is 2. The predicted molar refractivity (Wildman–Crippen MR) is 138 cm³/mol. The number of carbonyl (C=O) groups is 3. The number of benzene rings is 3. The molecule has 0 atom stereocenters. The number of ether oxygens (including phenoxy) is 1. The van der Waals surface area contributed by atoms with E-state index in [4.69, 9.17) is 14.9 Å². The van der Waals surface area contributed by atoms with Gasteiger partial charge in [0.05, 0.1) is 12.7 Å². The molecule has 3 rings (SSSR count). The van der Waals surface area contributed by atoms with Gasteiger partial charge in [0.2, 0.25) is 0 Å². The number of fused-ring (bicyclic) bond motifs is 2. The summed E-state index contributed by atoms with van der Waals surface area (Å²) < 4.78 is 4.77. The number of carboxylic acids is 2. The van der Waals surface area contributed by atoms with E-state index < -0.39 is 11.9 Å². The number of hydrogen-bond acceptors (Lipinski definition) is 4. The molecule has 0 saturated heterocycles. The van der Waals surface area contributed by atoms with Crippen molar-refractivity contribution >= 4 is 39.5 Å². The van der Waals surface area contributed by atoms with Gasteiger partial charge in [0, 0.05) is 18.1 Å². The molecule has 35 heavy (non-hydrogen) atoms. The van der Waals surface area contributed by atoms with Crippen molar-refractivity contribution in [2.24, 2.45) is 5.41 Å². The Morgan fingerprint density at radius 3 is 1.86 bits per heavy atom. The molecule has 0 bridgehead atoms. The predicted octanol–water partition coefficient (Wildman–Crippen LogP) is 5.95. The zero-order valence-corrected chi connectivity index (χ0v) is 20.4. The van der Waals surface area contributed by atoms with E-state index in [1.165, 1.54) is 24.0 Å². The molecule has 3 aromatic carbocycles. The van der Waals surface area contributed by atoms with E-state index in [2.05, 4.69) is 36.9 Å². The first-order valence-electron chi connectivity index (χ1n) is 11.0. The van der Waals surface area contributed by atoms with Gasteiger partial charge in [-0.3, -0.25) is 0 Å². The molecule has 0 unspecified atom stereocenters. The maximum Gasteiger partial charge on any atom is 0.335 e. The summed E-state index contributed by atoms with van der Waals surface area (Å²) in [6, 6.07) is 18.6. The minimum atomic E-state index is -1.16. The Bertz CT molecular complexity index is 1270. The van der Waals surface area contributed by atoms with Gasteiger partial charge in [0.15, 0.2) is 0 Å². The molecule has 0 aliphatic carbocycles. The SMILES string of the molecule is C=C(Cc1c2ccccc2cc2ccccc12)C(=O)OC.CC(C)(C)C=C(C=CC(=O)O)C(=O)O. The normalized spacial score (nSPS) is 11.7. The zero-order chi connectivity index (χ0) is 26.2. The van der Waals surface area contributed by atoms with Gasteiger partial charge in [-0.15, -0.1) is 0 Å². The molecule has 2 N–H and O–H groups in total. The van der Waals surface area contributed by atoms with Gasteiger partial charge in [-0.05, 0) is 44.7 Å². The van der Waals surface area contributed by atoms with E-state index >= 15 is 0 Å². The smallest absolute Gasteiger partial charge is 0.335 e. The number of hydrogen-bond donors (Lipinski definition) is 2. The molecular weight excluding hydrogens is 444 g/mol. The molecule has 6 heteroatoms. The molecule has 0 radical (unpaired) electrons. The Balaban J connectivity index is 0.000000271. The van der Waals surface area contributed by atoms with Crippen molar-refractivity contribution in [3.63, 3.8) is 0 Å². The number of esters is 1. The summed E-state index contributed by atoms with van der Waals surface area (Å²) in [6.07, 6.45) is 3.89. The van der Waals surface area contributed by atoms with Crippen molar-refractivity contribution in [2.45, 2.75) is 27.2 Å². The highest BCUT2D eigenvalue weighted by Crippen LogP contribution is 2.30. The summed E-state index contributed by atoms with van der Waals surface area (Å²) in [4.78, 5) is 32.5. The number of allylic oxidation sites excluding steroid dienone is 1. The summed E-state index contributed by atoms with van der Waals surface area (Å²) in [6.45, 7) is 9.37. The minimum absolute atomic E-state index is 0.0140.